The van der Waals surface area contributed by atoms with Gasteiger partial charge in [0.25, 0.3) is 0 Å². The third-order valence-corrected chi connectivity index (χ3v) is 7.55. The van der Waals surface area contributed by atoms with Gasteiger partial charge in [0.15, 0.2) is 15.8 Å². The maximum Gasteiger partial charge on any atom is 0.234 e. The first-order valence-electron chi connectivity index (χ1n) is 11.7. The Bertz CT molecular complexity index is 1640. The van der Waals surface area contributed by atoms with Crippen LogP contribution in [0.15, 0.2) is 49.1 Å². The lowest BCUT2D eigenvalue weighted by Crippen LogP contribution is -2.30. The van der Waals surface area contributed by atoms with E-state index >= 15 is 0 Å². The molecule has 1 fully saturated rings. The fourth-order valence-electron chi connectivity index (χ4n) is 4.38. The number of benzene rings is 2. The zero-order valence-electron chi connectivity index (χ0n) is 20.4. The number of anilines is 3. The number of nitrogens with zero attached hydrogens (tertiary/aromatic N) is 6. The Labute approximate surface area is 211 Å². The number of rotatable bonds is 5. The predicted octanol–water partition coefficient (Wildman–Crippen LogP) is 5.58. The summed E-state index contributed by atoms with van der Waals surface area (Å²) in [5, 5.41) is 4.02. The molecule has 0 spiro atoms. The molecule has 4 heterocycles. The third kappa shape index (κ3) is 3.83. The molecule has 10 heteroatoms. The van der Waals surface area contributed by atoms with Gasteiger partial charge >= 0.3 is 0 Å². The molecular formula is C26H25N7O2S. The minimum absolute atomic E-state index is 0.0948. The van der Waals surface area contributed by atoms with Gasteiger partial charge in [-0.05, 0) is 49.2 Å². The third-order valence-electron chi connectivity index (χ3n) is 6.56. The number of nitrogens with one attached hydrogen (secondary N) is 1. The second-order valence-electron chi connectivity index (χ2n) is 9.68. The van der Waals surface area contributed by atoms with Gasteiger partial charge < -0.3 is 14.6 Å². The van der Waals surface area contributed by atoms with Crippen molar-refractivity contribution >= 4 is 55.3 Å². The Kier molecular flexibility index (Phi) is 5.15. The number of fused-ring (bicyclic) bond motifs is 2. The van der Waals surface area contributed by atoms with Gasteiger partial charge in [-0.15, -0.1) is 0 Å². The highest BCUT2D eigenvalue weighted by atomic mass is 32.1. The molecular weight excluding hydrogens is 474 g/mol. The molecule has 6 rings (SSSR count). The van der Waals surface area contributed by atoms with E-state index in [1.54, 1.807) is 11.2 Å². The molecule has 1 N–H and O–H groups in total. The topological polar surface area (TPSA) is 98.1 Å². The molecule has 9 nitrogen and oxygen atoms in total. The van der Waals surface area contributed by atoms with Crippen LogP contribution in [0.2, 0.25) is 0 Å². The summed E-state index contributed by atoms with van der Waals surface area (Å²) in [6.07, 6.45) is 4.11. The van der Waals surface area contributed by atoms with Gasteiger partial charge in [0.05, 0.1) is 17.4 Å². The van der Waals surface area contributed by atoms with E-state index in [1.807, 2.05) is 68.8 Å². The van der Waals surface area contributed by atoms with E-state index in [-0.39, 0.29) is 11.3 Å². The second kappa shape index (κ2) is 8.27. The van der Waals surface area contributed by atoms with Crippen molar-refractivity contribution in [3.05, 3.63) is 54.6 Å². The van der Waals surface area contributed by atoms with Gasteiger partial charge in [-0.2, -0.15) is 0 Å². The van der Waals surface area contributed by atoms with Crippen LogP contribution >= 0.6 is 11.3 Å². The average molecular weight is 500 g/mol. The number of thiazole rings is 1. The van der Waals surface area contributed by atoms with Crippen LogP contribution in [0.5, 0.6) is 11.5 Å². The predicted molar refractivity (Wildman–Crippen MR) is 141 cm³/mol. The first-order chi connectivity index (χ1) is 17.3. The molecule has 0 aliphatic carbocycles. The number of aromatic nitrogens is 5. The van der Waals surface area contributed by atoms with Crippen LogP contribution in [0, 0.1) is 12.3 Å². The standard InChI is InChI=1S/C26H25N7O2S/c1-15-11-16(5-8-20(15)35-17-6-7-19-18(12-17)29-14-32(19)4)30-22-21-23(28-13-27-22)36-25(31-21)33-10-9-26(2,3)24(33)34/h5-8,11-14H,9-10H2,1-4H3,(H,27,28,30). The molecule has 0 saturated carbocycles. The minimum atomic E-state index is -0.366. The zero-order valence-corrected chi connectivity index (χ0v) is 21.3. The first-order valence-corrected chi connectivity index (χ1v) is 12.5. The van der Waals surface area contributed by atoms with Gasteiger partial charge in [-0.25, -0.2) is 19.9 Å². The average Bonchev–Trinajstić information content (AvgIpc) is 3.52. The van der Waals surface area contributed by atoms with Crippen LogP contribution in [-0.2, 0) is 11.8 Å². The molecule has 182 valence electrons. The maximum absolute atomic E-state index is 12.8. The highest BCUT2D eigenvalue weighted by Crippen LogP contribution is 2.38. The molecule has 36 heavy (non-hydrogen) atoms. The van der Waals surface area contributed by atoms with Crippen LogP contribution in [0.3, 0.4) is 0 Å². The van der Waals surface area contributed by atoms with Crippen LogP contribution in [0.1, 0.15) is 25.8 Å². The van der Waals surface area contributed by atoms with Crippen molar-refractivity contribution in [1.82, 2.24) is 24.5 Å². The van der Waals surface area contributed by atoms with E-state index in [1.165, 1.54) is 17.7 Å². The molecule has 1 amide bonds. The van der Waals surface area contributed by atoms with Gasteiger partial charge in [-0.1, -0.05) is 25.2 Å². The number of carbonyl (C=O) groups is 1. The van der Waals surface area contributed by atoms with Crippen molar-refractivity contribution in [3.8, 4) is 11.5 Å². The van der Waals surface area contributed by atoms with Gasteiger partial charge in [0, 0.05) is 30.8 Å². The molecule has 5 aromatic rings. The summed E-state index contributed by atoms with van der Waals surface area (Å²) >= 11 is 1.41. The van der Waals surface area contributed by atoms with Crippen LogP contribution in [0.25, 0.3) is 21.4 Å². The number of hydrogen-bond acceptors (Lipinski definition) is 8. The monoisotopic (exact) mass is 499 g/mol. The Balaban J connectivity index is 1.24. The van der Waals surface area contributed by atoms with E-state index in [0.717, 1.165) is 45.0 Å². The first kappa shape index (κ1) is 22.4. The molecule has 1 aliphatic heterocycles. The van der Waals surface area contributed by atoms with E-state index in [9.17, 15) is 4.79 Å². The fraction of sp³-hybridized carbons (Fsp3) is 0.269. The maximum atomic E-state index is 12.8. The van der Waals surface area contributed by atoms with E-state index in [0.29, 0.717) is 23.0 Å². The molecule has 0 bridgehead atoms. The summed E-state index contributed by atoms with van der Waals surface area (Å²) in [5.41, 5.74) is 4.05. The normalized spacial score (nSPS) is 15.2. The van der Waals surface area contributed by atoms with E-state index in [2.05, 4.69) is 20.3 Å². The summed E-state index contributed by atoms with van der Waals surface area (Å²) in [4.78, 5) is 33.2. The zero-order chi connectivity index (χ0) is 25.0. The number of carbonyl (C=O) groups excluding carboxylic acids is 1. The Hall–Kier alpha value is -4.05. The Morgan fingerprint density at radius 1 is 1.11 bits per heavy atom. The molecule has 2 aromatic carbocycles. The van der Waals surface area contributed by atoms with Crippen molar-refractivity contribution in [2.24, 2.45) is 12.5 Å². The number of ether oxygens (including phenoxy) is 1. The van der Waals surface area contributed by atoms with Crippen LogP contribution in [0.4, 0.5) is 16.6 Å². The number of amides is 1. The molecule has 3 aromatic heterocycles. The summed E-state index contributed by atoms with van der Waals surface area (Å²) in [5.74, 6) is 2.19. The lowest BCUT2D eigenvalue weighted by atomic mass is 9.92. The molecule has 0 radical (unpaired) electrons. The fourth-order valence-corrected chi connectivity index (χ4v) is 5.32. The summed E-state index contributed by atoms with van der Waals surface area (Å²) in [6, 6.07) is 11.7. The van der Waals surface area contributed by atoms with E-state index in [4.69, 9.17) is 9.72 Å². The Morgan fingerprint density at radius 2 is 1.97 bits per heavy atom. The van der Waals surface area contributed by atoms with Crippen molar-refractivity contribution < 1.29 is 9.53 Å². The van der Waals surface area contributed by atoms with Crippen molar-refractivity contribution in [1.29, 1.82) is 0 Å². The van der Waals surface area contributed by atoms with Crippen molar-refractivity contribution in [2.75, 3.05) is 16.8 Å². The minimum Gasteiger partial charge on any atom is -0.457 e. The molecule has 0 unspecified atom stereocenters. The number of hydrogen-bond donors (Lipinski definition) is 1. The largest absolute Gasteiger partial charge is 0.457 e. The van der Waals surface area contributed by atoms with Crippen LogP contribution in [-0.4, -0.2) is 37.0 Å². The highest BCUT2D eigenvalue weighted by Gasteiger charge is 2.40. The highest BCUT2D eigenvalue weighted by molar-refractivity contribution is 7.22. The van der Waals surface area contributed by atoms with Crippen molar-refractivity contribution in [2.45, 2.75) is 27.2 Å². The van der Waals surface area contributed by atoms with Gasteiger partial charge in [-0.3, -0.25) is 9.69 Å². The van der Waals surface area contributed by atoms with Gasteiger partial charge in [0.2, 0.25) is 5.91 Å². The summed E-state index contributed by atoms with van der Waals surface area (Å²) in [6.45, 7) is 6.61. The number of aryl methyl sites for hydroxylation is 2. The molecule has 1 saturated heterocycles. The Morgan fingerprint density at radius 3 is 2.75 bits per heavy atom. The molecule has 0 atom stereocenters. The molecule has 1 aliphatic rings. The smallest absolute Gasteiger partial charge is 0.234 e. The lowest BCUT2D eigenvalue weighted by Gasteiger charge is -2.16. The van der Waals surface area contributed by atoms with E-state index < -0.39 is 0 Å². The number of imidazole rings is 1. The lowest BCUT2D eigenvalue weighted by molar-refractivity contribution is -0.123. The quantitative estimate of drug-likeness (QED) is 0.337. The summed E-state index contributed by atoms with van der Waals surface area (Å²) in [7, 11) is 1.97. The van der Waals surface area contributed by atoms with Crippen LogP contribution < -0.4 is 15.0 Å². The second-order valence-corrected chi connectivity index (χ2v) is 10.6. The SMILES string of the molecule is Cc1cc(Nc2ncnc3sc(N4CCC(C)(C)C4=O)nc23)ccc1Oc1ccc2c(c1)ncn2C. The van der Waals surface area contributed by atoms with Gasteiger partial charge in [0.1, 0.15) is 23.3 Å². The van der Waals surface area contributed by atoms with Crippen molar-refractivity contribution in [3.63, 3.8) is 0 Å². The summed E-state index contributed by atoms with van der Waals surface area (Å²) < 4.78 is 8.11.